The smallest absolute Gasteiger partial charge is 0.138 e. The van der Waals surface area contributed by atoms with Crippen LogP contribution in [0.2, 0.25) is 0 Å². The number of nitrogens with one attached hydrogen (secondary N) is 1. The molecule has 1 aromatic heterocycles. The maximum absolute atomic E-state index is 9.03. The van der Waals surface area contributed by atoms with Crippen molar-refractivity contribution in [3.05, 3.63) is 15.0 Å². The fourth-order valence-electron chi connectivity index (χ4n) is 0.545. The van der Waals surface area contributed by atoms with Crippen LogP contribution in [0.3, 0.4) is 0 Å². The SMILES string of the molecule is CC(O)c1nc(Br)c(Br)[nH]1. The number of aliphatic hydroxyl groups excluding tert-OH is 1. The van der Waals surface area contributed by atoms with Gasteiger partial charge in [0.1, 0.15) is 21.1 Å². The van der Waals surface area contributed by atoms with Crippen LogP contribution in [-0.2, 0) is 0 Å². The van der Waals surface area contributed by atoms with Crippen LogP contribution in [0.4, 0.5) is 0 Å². The van der Waals surface area contributed by atoms with Crippen LogP contribution in [0.1, 0.15) is 18.9 Å². The van der Waals surface area contributed by atoms with Crippen molar-refractivity contribution in [3.8, 4) is 0 Å². The zero-order chi connectivity index (χ0) is 7.72. The third kappa shape index (κ3) is 1.59. The summed E-state index contributed by atoms with van der Waals surface area (Å²) < 4.78 is 1.44. The van der Waals surface area contributed by atoms with Gasteiger partial charge in [-0.2, -0.15) is 0 Å². The Labute approximate surface area is 75.1 Å². The molecule has 0 radical (unpaired) electrons. The monoisotopic (exact) mass is 268 g/mol. The van der Waals surface area contributed by atoms with Crippen molar-refractivity contribution < 1.29 is 5.11 Å². The average molecular weight is 270 g/mol. The summed E-state index contributed by atoms with van der Waals surface area (Å²) in [5.41, 5.74) is 0. The summed E-state index contributed by atoms with van der Waals surface area (Å²) in [5.74, 6) is 0.554. The van der Waals surface area contributed by atoms with E-state index in [1.807, 2.05) is 0 Å². The maximum Gasteiger partial charge on any atom is 0.138 e. The predicted octanol–water partition coefficient (Wildman–Crippen LogP) is 1.99. The van der Waals surface area contributed by atoms with Crippen LogP contribution in [0.5, 0.6) is 0 Å². The Balaban J connectivity index is 2.98. The fourth-order valence-corrected chi connectivity index (χ4v) is 1.13. The predicted molar refractivity (Wildman–Crippen MR) is 44.6 cm³/mol. The Morgan fingerprint density at radius 3 is 2.40 bits per heavy atom. The van der Waals surface area contributed by atoms with Gasteiger partial charge in [0.2, 0.25) is 0 Å². The van der Waals surface area contributed by atoms with Gasteiger partial charge >= 0.3 is 0 Å². The molecule has 3 nitrogen and oxygen atoms in total. The molecule has 5 heteroatoms. The lowest BCUT2D eigenvalue weighted by atomic mass is 10.4. The number of rotatable bonds is 1. The first kappa shape index (κ1) is 8.23. The number of halogens is 2. The fraction of sp³-hybridized carbons (Fsp3) is 0.400. The van der Waals surface area contributed by atoms with E-state index in [4.69, 9.17) is 5.11 Å². The highest BCUT2D eigenvalue weighted by molar-refractivity contribution is 9.13. The number of aromatic nitrogens is 2. The van der Waals surface area contributed by atoms with Gasteiger partial charge < -0.3 is 10.1 Å². The molecule has 1 rings (SSSR count). The summed E-state index contributed by atoms with van der Waals surface area (Å²) >= 11 is 6.39. The largest absolute Gasteiger partial charge is 0.385 e. The third-order valence-electron chi connectivity index (χ3n) is 1.03. The van der Waals surface area contributed by atoms with Gasteiger partial charge in [0.25, 0.3) is 0 Å². The van der Waals surface area contributed by atoms with Crippen LogP contribution in [0, 0.1) is 0 Å². The second kappa shape index (κ2) is 3.02. The molecule has 10 heavy (non-hydrogen) atoms. The summed E-state index contributed by atoms with van der Waals surface area (Å²) in [7, 11) is 0. The van der Waals surface area contributed by atoms with E-state index in [9.17, 15) is 0 Å². The molecule has 0 bridgehead atoms. The highest BCUT2D eigenvalue weighted by Crippen LogP contribution is 2.21. The van der Waals surface area contributed by atoms with Crippen molar-refractivity contribution in [3.63, 3.8) is 0 Å². The zero-order valence-electron chi connectivity index (χ0n) is 5.23. The summed E-state index contributed by atoms with van der Waals surface area (Å²) in [6.07, 6.45) is -0.553. The molecule has 0 aliphatic rings. The van der Waals surface area contributed by atoms with Crippen LogP contribution in [0.15, 0.2) is 9.21 Å². The standard InChI is InChI=1S/C5H6Br2N2O/c1-2(10)5-8-3(6)4(7)9-5/h2,10H,1H3,(H,8,9). The minimum atomic E-state index is -0.553. The van der Waals surface area contributed by atoms with Crippen molar-refractivity contribution >= 4 is 31.9 Å². The van der Waals surface area contributed by atoms with Gasteiger partial charge in [-0.05, 0) is 38.8 Å². The van der Waals surface area contributed by atoms with E-state index in [2.05, 4.69) is 41.8 Å². The van der Waals surface area contributed by atoms with E-state index in [1.165, 1.54) is 0 Å². The van der Waals surface area contributed by atoms with Crippen LogP contribution in [0.25, 0.3) is 0 Å². The Morgan fingerprint density at radius 1 is 1.60 bits per heavy atom. The molecule has 0 saturated carbocycles. The van der Waals surface area contributed by atoms with Gasteiger partial charge in [0.15, 0.2) is 0 Å². The first-order chi connectivity index (χ1) is 4.61. The van der Waals surface area contributed by atoms with Crippen molar-refractivity contribution in [1.29, 1.82) is 0 Å². The van der Waals surface area contributed by atoms with Crippen molar-refractivity contribution in [2.45, 2.75) is 13.0 Å². The first-order valence-corrected chi connectivity index (χ1v) is 4.29. The van der Waals surface area contributed by atoms with Gasteiger partial charge in [0.05, 0.1) is 0 Å². The number of aliphatic hydroxyl groups is 1. The molecular formula is C5H6Br2N2O. The second-order valence-corrected chi connectivity index (χ2v) is 3.45. The van der Waals surface area contributed by atoms with Crippen molar-refractivity contribution in [1.82, 2.24) is 9.97 Å². The van der Waals surface area contributed by atoms with E-state index in [-0.39, 0.29) is 0 Å². The van der Waals surface area contributed by atoms with Gasteiger partial charge in [0, 0.05) is 0 Å². The molecule has 0 amide bonds. The first-order valence-electron chi connectivity index (χ1n) is 2.70. The third-order valence-corrected chi connectivity index (χ3v) is 2.71. The number of aromatic amines is 1. The lowest BCUT2D eigenvalue weighted by Crippen LogP contribution is -1.92. The van der Waals surface area contributed by atoms with Crippen LogP contribution < -0.4 is 0 Å². The van der Waals surface area contributed by atoms with E-state index in [1.54, 1.807) is 6.92 Å². The molecule has 1 aromatic rings. The van der Waals surface area contributed by atoms with E-state index in [0.717, 1.165) is 4.60 Å². The molecule has 0 aliphatic heterocycles. The van der Waals surface area contributed by atoms with Crippen LogP contribution >= 0.6 is 31.9 Å². The summed E-state index contributed by atoms with van der Waals surface area (Å²) in [6.45, 7) is 1.65. The number of imidazole rings is 1. The highest BCUT2D eigenvalue weighted by Gasteiger charge is 2.08. The van der Waals surface area contributed by atoms with Crippen molar-refractivity contribution in [2.75, 3.05) is 0 Å². The quantitative estimate of drug-likeness (QED) is 0.819. The Kier molecular flexibility index (Phi) is 2.49. The Hall–Kier alpha value is 0.130. The van der Waals surface area contributed by atoms with Crippen molar-refractivity contribution in [2.24, 2.45) is 0 Å². The number of nitrogens with zero attached hydrogens (tertiary/aromatic N) is 1. The lowest BCUT2D eigenvalue weighted by Gasteiger charge is -1.95. The highest BCUT2D eigenvalue weighted by atomic mass is 79.9. The normalized spacial score (nSPS) is 13.6. The minimum Gasteiger partial charge on any atom is -0.385 e. The Morgan fingerprint density at radius 2 is 2.20 bits per heavy atom. The summed E-state index contributed by atoms with van der Waals surface area (Å²) in [5, 5.41) is 9.03. The van der Waals surface area contributed by atoms with Gasteiger partial charge in [-0.25, -0.2) is 4.98 Å². The Bertz CT molecular complexity index is 214. The van der Waals surface area contributed by atoms with Crippen LogP contribution in [-0.4, -0.2) is 15.1 Å². The molecule has 0 fully saturated rings. The molecule has 56 valence electrons. The summed E-state index contributed by atoms with van der Waals surface area (Å²) in [6, 6.07) is 0. The van der Waals surface area contributed by atoms with E-state index >= 15 is 0 Å². The average Bonchev–Trinajstić information content (AvgIpc) is 2.13. The number of hydrogen-bond acceptors (Lipinski definition) is 2. The molecule has 1 heterocycles. The van der Waals surface area contributed by atoms with Gasteiger partial charge in [-0.15, -0.1) is 0 Å². The number of H-pyrrole nitrogens is 1. The maximum atomic E-state index is 9.03. The topological polar surface area (TPSA) is 48.9 Å². The number of hydrogen-bond donors (Lipinski definition) is 2. The second-order valence-electron chi connectivity index (χ2n) is 1.90. The molecule has 0 spiro atoms. The van der Waals surface area contributed by atoms with E-state index < -0.39 is 6.10 Å². The van der Waals surface area contributed by atoms with E-state index in [0.29, 0.717) is 10.4 Å². The molecule has 1 atom stereocenters. The molecule has 1 unspecified atom stereocenters. The van der Waals surface area contributed by atoms with Gasteiger partial charge in [-0.1, -0.05) is 0 Å². The summed E-state index contributed by atoms with van der Waals surface area (Å²) in [4.78, 5) is 6.83. The zero-order valence-corrected chi connectivity index (χ0v) is 8.40. The molecule has 0 aliphatic carbocycles. The molecule has 2 N–H and O–H groups in total. The minimum absolute atomic E-state index is 0.553. The molecule has 0 aromatic carbocycles. The molecule has 0 saturated heterocycles. The lowest BCUT2D eigenvalue weighted by molar-refractivity contribution is 0.190. The van der Waals surface area contributed by atoms with Gasteiger partial charge in [-0.3, -0.25) is 0 Å². The molecular weight excluding hydrogens is 264 g/mol.